The van der Waals surface area contributed by atoms with Crippen molar-refractivity contribution in [3.05, 3.63) is 35.4 Å². The monoisotopic (exact) mass is 273 g/mol. The molecule has 1 aromatic carbocycles. The second kappa shape index (κ2) is 5.92. The highest BCUT2D eigenvalue weighted by molar-refractivity contribution is 5.24. The maximum atomic E-state index is 12.4. The Labute approximate surface area is 110 Å². The number of aliphatic hydroxyl groups excluding tert-OH is 1. The first-order valence-corrected chi connectivity index (χ1v) is 6.48. The van der Waals surface area contributed by atoms with E-state index in [1.165, 1.54) is 12.1 Å². The summed E-state index contributed by atoms with van der Waals surface area (Å²) in [7, 11) is 0. The highest BCUT2D eigenvalue weighted by atomic mass is 19.4. The van der Waals surface area contributed by atoms with E-state index < -0.39 is 11.7 Å². The van der Waals surface area contributed by atoms with Crippen molar-refractivity contribution < 1.29 is 18.3 Å². The number of aliphatic hydroxyl groups is 1. The lowest BCUT2D eigenvalue weighted by atomic mass is 9.98. The highest BCUT2D eigenvalue weighted by Crippen LogP contribution is 2.29. The maximum absolute atomic E-state index is 12.4. The standard InChI is InChI=1S/C14H18F3NO/c15-14(16,17)13-5-3-11(4-6-13)8-18-7-1-2-12(9-18)10-19/h3-6,12,19H,1-2,7-10H2. The molecule has 0 amide bonds. The van der Waals surface area contributed by atoms with Gasteiger partial charge in [0, 0.05) is 19.7 Å². The molecule has 1 aromatic rings. The third-order valence-electron chi connectivity index (χ3n) is 3.55. The quantitative estimate of drug-likeness (QED) is 0.915. The van der Waals surface area contributed by atoms with E-state index in [0.29, 0.717) is 12.5 Å². The van der Waals surface area contributed by atoms with Gasteiger partial charge in [0.05, 0.1) is 5.56 Å². The van der Waals surface area contributed by atoms with E-state index in [1.807, 2.05) is 0 Å². The van der Waals surface area contributed by atoms with Crippen LogP contribution in [0.3, 0.4) is 0 Å². The van der Waals surface area contributed by atoms with Crippen LogP contribution in [0.25, 0.3) is 0 Å². The third-order valence-corrected chi connectivity index (χ3v) is 3.55. The van der Waals surface area contributed by atoms with Gasteiger partial charge in [0.15, 0.2) is 0 Å². The predicted octanol–water partition coefficient (Wildman–Crippen LogP) is 2.91. The van der Waals surface area contributed by atoms with Gasteiger partial charge in [-0.2, -0.15) is 13.2 Å². The molecular formula is C14H18F3NO. The number of benzene rings is 1. The lowest BCUT2D eigenvalue weighted by Gasteiger charge is -2.31. The Kier molecular flexibility index (Phi) is 4.47. The van der Waals surface area contributed by atoms with Crippen LogP contribution in [-0.4, -0.2) is 29.7 Å². The van der Waals surface area contributed by atoms with E-state index in [9.17, 15) is 13.2 Å². The van der Waals surface area contributed by atoms with Gasteiger partial charge in [-0.15, -0.1) is 0 Å². The van der Waals surface area contributed by atoms with Gasteiger partial charge in [0.2, 0.25) is 0 Å². The van der Waals surface area contributed by atoms with Crippen LogP contribution < -0.4 is 0 Å². The van der Waals surface area contributed by atoms with Gasteiger partial charge in [0.25, 0.3) is 0 Å². The SMILES string of the molecule is OCC1CCCN(Cc2ccc(C(F)(F)F)cc2)C1. The zero-order valence-corrected chi connectivity index (χ0v) is 10.7. The van der Waals surface area contributed by atoms with E-state index in [0.717, 1.165) is 43.6 Å². The first kappa shape index (κ1) is 14.3. The molecule has 0 bridgehead atoms. The Bertz CT molecular complexity index is 402. The van der Waals surface area contributed by atoms with Gasteiger partial charge in [0.1, 0.15) is 0 Å². The van der Waals surface area contributed by atoms with E-state index >= 15 is 0 Å². The Morgan fingerprint density at radius 2 is 1.89 bits per heavy atom. The van der Waals surface area contributed by atoms with Crippen LogP contribution in [0.2, 0.25) is 0 Å². The Balaban J connectivity index is 1.96. The number of halogens is 3. The Morgan fingerprint density at radius 3 is 2.47 bits per heavy atom. The molecule has 1 aliphatic heterocycles. The molecule has 5 heteroatoms. The smallest absolute Gasteiger partial charge is 0.396 e. The molecule has 0 spiro atoms. The van der Waals surface area contributed by atoms with Crippen LogP contribution in [0.1, 0.15) is 24.0 Å². The summed E-state index contributed by atoms with van der Waals surface area (Å²) in [4.78, 5) is 2.19. The number of likely N-dealkylation sites (tertiary alicyclic amines) is 1. The predicted molar refractivity (Wildman–Crippen MR) is 66.5 cm³/mol. The fraction of sp³-hybridized carbons (Fsp3) is 0.571. The minimum atomic E-state index is -4.27. The summed E-state index contributed by atoms with van der Waals surface area (Å²) in [5.74, 6) is 0.295. The summed E-state index contributed by atoms with van der Waals surface area (Å²) in [6.45, 7) is 2.59. The third kappa shape index (κ3) is 3.94. The number of rotatable bonds is 3. The van der Waals surface area contributed by atoms with Gasteiger partial charge < -0.3 is 5.11 Å². The number of alkyl halides is 3. The largest absolute Gasteiger partial charge is 0.416 e. The number of nitrogens with zero attached hydrogens (tertiary/aromatic N) is 1. The molecule has 0 saturated carbocycles. The van der Waals surface area contributed by atoms with Gasteiger partial charge >= 0.3 is 6.18 Å². The van der Waals surface area contributed by atoms with Crippen LogP contribution >= 0.6 is 0 Å². The topological polar surface area (TPSA) is 23.5 Å². The van der Waals surface area contributed by atoms with Crippen LogP contribution in [0, 0.1) is 5.92 Å². The second-order valence-corrected chi connectivity index (χ2v) is 5.12. The minimum absolute atomic E-state index is 0.184. The van der Waals surface area contributed by atoms with E-state index in [2.05, 4.69) is 4.90 Å². The minimum Gasteiger partial charge on any atom is -0.396 e. The average Bonchev–Trinajstić information content (AvgIpc) is 2.38. The molecule has 1 unspecified atom stereocenters. The van der Waals surface area contributed by atoms with Crippen LogP contribution in [-0.2, 0) is 12.7 Å². The molecule has 1 saturated heterocycles. The van der Waals surface area contributed by atoms with Crippen molar-refractivity contribution in [2.45, 2.75) is 25.6 Å². The van der Waals surface area contributed by atoms with Crippen LogP contribution in [0.4, 0.5) is 13.2 Å². The zero-order valence-electron chi connectivity index (χ0n) is 10.7. The second-order valence-electron chi connectivity index (χ2n) is 5.12. The zero-order chi connectivity index (χ0) is 13.9. The fourth-order valence-corrected chi connectivity index (χ4v) is 2.50. The summed E-state index contributed by atoms with van der Waals surface area (Å²) in [5, 5.41) is 9.15. The molecule has 0 aromatic heterocycles. The van der Waals surface area contributed by atoms with Crippen molar-refractivity contribution in [1.82, 2.24) is 4.90 Å². The molecular weight excluding hydrogens is 255 g/mol. The highest BCUT2D eigenvalue weighted by Gasteiger charge is 2.30. The molecule has 0 aliphatic carbocycles. The summed E-state index contributed by atoms with van der Waals surface area (Å²) in [6.07, 6.45) is -2.21. The van der Waals surface area contributed by atoms with Gasteiger partial charge in [-0.25, -0.2) is 0 Å². The van der Waals surface area contributed by atoms with Gasteiger partial charge in [-0.3, -0.25) is 4.90 Å². The fourth-order valence-electron chi connectivity index (χ4n) is 2.50. The molecule has 1 fully saturated rings. The molecule has 1 aliphatic rings. The van der Waals surface area contributed by atoms with Crippen molar-refractivity contribution in [2.24, 2.45) is 5.92 Å². The molecule has 2 rings (SSSR count). The van der Waals surface area contributed by atoms with E-state index in [4.69, 9.17) is 5.11 Å². The Morgan fingerprint density at radius 1 is 1.21 bits per heavy atom. The van der Waals surface area contributed by atoms with Gasteiger partial charge in [-0.05, 0) is 43.0 Å². The van der Waals surface area contributed by atoms with E-state index in [1.54, 1.807) is 0 Å². The van der Waals surface area contributed by atoms with Crippen molar-refractivity contribution >= 4 is 0 Å². The summed E-state index contributed by atoms with van der Waals surface area (Å²) in [6, 6.07) is 5.32. The average molecular weight is 273 g/mol. The summed E-state index contributed by atoms with van der Waals surface area (Å²) < 4.78 is 37.3. The van der Waals surface area contributed by atoms with Crippen molar-refractivity contribution in [3.63, 3.8) is 0 Å². The molecule has 2 nitrogen and oxygen atoms in total. The molecule has 106 valence electrons. The molecule has 1 atom stereocenters. The van der Waals surface area contributed by atoms with Crippen molar-refractivity contribution in [1.29, 1.82) is 0 Å². The molecule has 0 radical (unpaired) electrons. The number of hydrogen-bond acceptors (Lipinski definition) is 2. The normalized spacial score (nSPS) is 21.6. The number of hydrogen-bond donors (Lipinski definition) is 1. The molecule has 19 heavy (non-hydrogen) atoms. The maximum Gasteiger partial charge on any atom is 0.416 e. The first-order valence-electron chi connectivity index (χ1n) is 6.48. The number of piperidine rings is 1. The lowest BCUT2D eigenvalue weighted by Crippen LogP contribution is -2.36. The molecule has 1 heterocycles. The van der Waals surface area contributed by atoms with Crippen molar-refractivity contribution in [2.75, 3.05) is 19.7 Å². The van der Waals surface area contributed by atoms with Crippen LogP contribution in [0.5, 0.6) is 0 Å². The summed E-state index contributed by atoms with van der Waals surface area (Å²) >= 11 is 0. The Hall–Kier alpha value is -1.07. The molecule has 1 N–H and O–H groups in total. The van der Waals surface area contributed by atoms with Crippen molar-refractivity contribution in [3.8, 4) is 0 Å². The first-order chi connectivity index (χ1) is 8.99. The summed E-state index contributed by atoms with van der Waals surface area (Å²) in [5.41, 5.74) is 0.273. The lowest BCUT2D eigenvalue weighted by molar-refractivity contribution is -0.137. The van der Waals surface area contributed by atoms with Gasteiger partial charge in [-0.1, -0.05) is 12.1 Å². The van der Waals surface area contributed by atoms with E-state index in [-0.39, 0.29) is 6.61 Å². The van der Waals surface area contributed by atoms with Crippen LogP contribution in [0.15, 0.2) is 24.3 Å².